The van der Waals surface area contributed by atoms with E-state index in [0.717, 1.165) is 32.8 Å². The summed E-state index contributed by atoms with van der Waals surface area (Å²) < 4.78 is 10.7. The molecule has 0 amide bonds. The molecule has 0 radical (unpaired) electrons. The van der Waals surface area contributed by atoms with E-state index in [9.17, 15) is 4.79 Å². The molecule has 0 aromatic heterocycles. The highest BCUT2D eigenvalue weighted by atomic mass is 35.5. The molecule has 1 aromatic carbocycles. The molecule has 0 aliphatic carbocycles. The number of benzene rings is 1. The van der Waals surface area contributed by atoms with E-state index in [1.54, 1.807) is 24.3 Å². The molecule has 1 aromatic rings. The summed E-state index contributed by atoms with van der Waals surface area (Å²) in [5.74, 6) is -0.369. The number of ether oxygens (including phenoxy) is 2. The zero-order chi connectivity index (χ0) is 13.7. The first kappa shape index (κ1) is 17.2. The predicted molar refractivity (Wildman–Crippen MR) is 80.8 cm³/mol. The van der Waals surface area contributed by atoms with Crippen LogP contribution < -0.4 is 0 Å². The van der Waals surface area contributed by atoms with Gasteiger partial charge < -0.3 is 9.47 Å². The van der Waals surface area contributed by atoms with Crippen LogP contribution in [0.15, 0.2) is 24.3 Å². The average Bonchev–Trinajstić information content (AvgIpc) is 2.40. The van der Waals surface area contributed by atoms with Crippen molar-refractivity contribution in [1.82, 2.24) is 4.90 Å². The molecule has 1 aliphatic heterocycles. The maximum absolute atomic E-state index is 12.0. The molecule has 0 saturated carbocycles. The lowest BCUT2D eigenvalue weighted by Gasteiger charge is -2.28. The maximum atomic E-state index is 12.0. The van der Waals surface area contributed by atoms with Crippen LogP contribution >= 0.6 is 24.0 Å². The Morgan fingerprint density at radius 3 is 2.70 bits per heavy atom. The van der Waals surface area contributed by atoms with Gasteiger partial charge in [-0.15, -0.1) is 12.4 Å². The molecule has 0 bridgehead atoms. The Labute approximate surface area is 130 Å². The third-order valence-electron chi connectivity index (χ3n) is 3.02. The summed E-state index contributed by atoms with van der Waals surface area (Å²) in [6, 6.07) is 6.92. The van der Waals surface area contributed by atoms with E-state index in [1.807, 2.05) is 6.92 Å². The van der Waals surface area contributed by atoms with Crippen molar-refractivity contribution < 1.29 is 14.3 Å². The topological polar surface area (TPSA) is 38.8 Å². The van der Waals surface area contributed by atoms with Gasteiger partial charge in [-0.05, 0) is 19.1 Å². The zero-order valence-corrected chi connectivity index (χ0v) is 13.0. The Balaban J connectivity index is 0.00000200. The highest BCUT2D eigenvalue weighted by Crippen LogP contribution is 2.16. The van der Waals surface area contributed by atoms with Crippen LogP contribution in [0.3, 0.4) is 0 Å². The van der Waals surface area contributed by atoms with E-state index in [-0.39, 0.29) is 24.5 Å². The smallest absolute Gasteiger partial charge is 0.339 e. The highest BCUT2D eigenvalue weighted by Gasteiger charge is 2.18. The monoisotopic (exact) mass is 319 g/mol. The molecule has 6 heteroatoms. The first-order valence-corrected chi connectivity index (χ1v) is 6.80. The van der Waals surface area contributed by atoms with Gasteiger partial charge in [-0.3, -0.25) is 4.90 Å². The number of carbonyl (C=O) groups excluding carboxylic acids is 1. The highest BCUT2D eigenvalue weighted by molar-refractivity contribution is 6.33. The summed E-state index contributed by atoms with van der Waals surface area (Å²) in [5, 5.41) is 0.422. The van der Waals surface area contributed by atoms with Gasteiger partial charge in [0.1, 0.15) is 6.10 Å². The van der Waals surface area contributed by atoms with Crippen molar-refractivity contribution in [3.8, 4) is 0 Å². The van der Waals surface area contributed by atoms with Crippen molar-refractivity contribution in [3.63, 3.8) is 0 Å². The Morgan fingerprint density at radius 2 is 2.05 bits per heavy atom. The number of hydrogen-bond acceptors (Lipinski definition) is 4. The van der Waals surface area contributed by atoms with E-state index < -0.39 is 0 Å². The minimum absolute atomic E-state index is 0. The quantitative estimate of drug-likeness (QED) is 0.800. The number of rotatable bonds is 4. The minimum Gasteiger partial charge on any atom is -0.458 e. The third-order valence-corrected chi connectivity index (χ3v) is 3.35. The standard InChI is InChI=1S/C14H18ClNO3.ClH/c1-11(10-16-6-8-18-9-7-16)19-14(17)12-4-2-3-5-13(12)15;/h2-5,11H,6-10H2,1H3;1H. The van der Waals surface area contributed by atoms with Gasteiger partial charge in [0.15, 0.2) is 0 Å². The van der Waals surface area contributed by atoms with E-state index in [1.165, 1.54) is 0 Å². The number of hydrogen-bond donors (Lipinski definition) is 0. The summed E-state index contributed by atoms with van der Waals surface area (Å²) >= 11 is 5.97. The van der Waals surface area contributed by atoms with Crippen molar-refractivity contribution in [3.05, 3.63) is 34.9 Å². The lowest BCUT2D eigenvalue weighted by Crippen LogP contribution is -2.41. The molecular weight excluding hydrogens is 301 g/mol. The molecular formula is C14H19Cl2NO3. The van der Waals surface area contributed by atoms with Crippen molar-refractivity contribution in [2.24, 2.45) is 0 Å². The molecule has 0 spiro atoms. The summed E-state index contributed by atoms with van der Waals surface area (Å²) in [6.07, 6.45) is -0.165. The zero-order valence-electron chi connectivity index (χ0n) is 11.4. The predicted octanol–water partition coefficient (Wildman–Crippen LogP) is 2.64. The SMILES string of the molecule is CC(CN1CCOCC1)OC(=O)c1ccccc1Cl.Cl. The first-order chi connectivity index (χ1) is 9.16. The summed E-state index contributed by atoms with van der Waals surface area (Å²) in [5.41, 5.74) is 0.415. The van der Waals surface area contributed by atoms with Crippen molar-refractivity contribution in [2.75, 3.05) is 32.8 Å². The van der Waals surface area contributed by atoms with E-state index in [4.69, 9.17) is 21.1 Å². The average molecular weight is 320 g/mol. The molecule has 4 nitrogen and oxygen atoms in total. The normalized spacial score (nSPS) is 17.1. The van der Waals surface area contributed by atoms with Gasteiger partial charge in [-0.2, -0.15) is 0 Å². The minimum atomic E-state index is -0.369. The number of esters is 1. The van der Waals surface area contributed by atoms with Gasteiger partial charge in [-0.25, -0.2) is 4.79 Å². The van der Waals surface area contributed by atoms with E-state index in [2.05, 4.69) is 4.90 Å². The van der Waals surface area contributed by atoms with Crippen LogP contribution in [0.2, 0.25) is 5.02 Å². The van der Waals surface area contributed by atoms with Crippen LogP contribution in [0.4, 0.5) is 0 Å². The van der Waals surface area contributed by atoms with Crippen molar-refractivity contribution >= 4 is 30.0 Å². The largest absolute Gasteiger partial charge is 0.458 e. The number of halogens is 2. The second-order valence-corrected chi connectivity index (χ2v) is 5.02. The molecule has 112 valence electrons. The molecule has 20 heavy (non-hydrogen) atoms. The Bertz CT molecular complexity index is 436. The van der Waals surface area contributed by atoms with Gasteiger partial charge >= 0.3 is 5.97 Å². The summed E-state index contributed by atoms with van der Waals surface area (Å²) in [7, 11) is 0. The van der Waals surface area contributed by atoms with Crippen molar-refractivity contribution in [2.45, 2.75) is 13.0 Å². The van der Waals surface area contributed by atoms with Crippen LogP contribution in [-0.4, -0.2) is 49.8 Å². The van der Waals surface area contributed by atoms with Crippen LogP contribution in [-0.2, 0) is 9.47 Å². The fourth-order valence-corrected chi connectivity index (χ4v) is 2.27. The summed E-state index contributed by atoms with van der Waals surface area (Å²) in [6.45, 7) is 5.86. The number of morpholine rings is 1. The van der Waals surface area contributed by atoms with Gasteiger partial charge in [0.05, 0.1) is 23.8 Å². The lowest BCUT2D eigenvalue weighted by molar-refractivity contribution is 0.000459. The molecule has 1 aliphatic rings. The Hall–Kier alpha value is -0.810. The van der Waals surface area contributed by atoms with Gasteiger partial charge in [-0.1, -0.05) is 23.7 Å². The van der Waals surface area contributed by atoms with Gasteiger partial charge in [0.25, 0.3) is 0 Å². The van der Waals surface area contributed by atoms with E-state index in [0.29, 0.717) is 10.6 Å². The number of carbonyl (C=O) groups is 1. The molecule has 2 rings (SSSR count). The van der Waals surface area contributed by atoms with Crippen LogP contribution in [0.5, 0.6) is 0 Å². The van der Waals surface area contributed by atoms with Gasteiger partial charge in [0, 0.05) is 19.6 Å². The van der Waals surface area contributed by atoms with E-state index >= 15 is 0 Å². The second kappa shape index (κ2) is 8.47. The first-order valence-electron chi connectivity index (χ1n) is 6.42. The lowest BCUT2D eigenvalue weighted by atomic mass is 10.2. The fraction of sp³-hybridized carbons (Fsp3) is 0.500. The van der Waals surface area contributed by atoms with Crippen LogP contribution in [0.1, 0.15) is 17.3 Å². The maximum Gasteiger partial charge on any atom is 0.339 e. The number of nitrogens with zero attached hydrogens (tertiary/aromatic N) is 1. The fourth-order valence-electron chi connectivity index (χ4n) is 2.06. The molecule has 1 saturated heterocycles. The molecule has 1 fully saturated rings. The molecule has 1 atom stereocenters. The molecule has 1 unspecified atom stereocenters. The summed E-state index contributed by atoms with van der Waals surface area (Å²) in [4.78, 5) is 14.2. The second-order valence-electron chi connectivity index (χ2n) is 4.61. The third kappa shape index (κ3) is 4.94. The van der Waals surface area contributed by atoms with Crippen LogP contribution in [0, 0.1) is 0 Å². The van der Waals surface area contributed by atoms with Crippen LogP contribution in [0.25, 0.3) is 0 Å². The molecule has 0 N–H and O–H groups in total. The Morgan fingerprint density at radius 1 is 1.40 bits per heavy atom. The van der Waals surface area contributed by atoms with Gasteiger partial charge in [0.2, 0.25) is 0 Å². The van der Waals surface area contributed by atoms with Crippen molar-refractivity contribution in [1.29, 1.82) is 0 Å². The Kier molecular flexibility index (Phi) is 7.30. The molecule has 1 heterocycles.